The van der Waals surface area contributed by atoms with Crippen LogP contribution in [0.1, 0.15) is 18.4 Å². The van der Waals surface area contributed by atoms with Gasteiger partial charge in [-0.1, -0.05) is 17.4 Å². The number of rotatable bonds is 4. The molecule has 0 atom stereocenters. The first-order chi connectivity index (χ1) is 12.2. The fourth-order valence-electron chi connectivity index (χ4n) is 3.11. The van der Waals surface area contributed by atoms with Crippen LogP contribution < -0.4 is 4.90 Å². The predicted octanol–water partition coefficient (Wildman–Crippen LogP) is 2.57. The van der Waals surface area contributed by atoms with Crippen LogP contribution in [0.25, 0.3) is 10.7 Å². The summed E-state index contributed by atoms with van der Waals surface area (Å²) in [5.41, 5.74) is 1.31. The molecule has 0 amide bonds. The molecule has 1 aliphatic heterocycles. The fourth-order valence-corrected chi connectivity index (χ4v) is 3.98. The number of pyridine rings is 2. The van der Waals surface area contributed by atoms with E-state index in [1.165, 1.54) is 0 Å². The van der Waals surface area contributed by atoms with Crippen molar-refractivity contribution in [3.05, 3.63) is 54.5 Å². The lowest BCUT2D eigenvalue weighted by Crippen LogP contribution is -2.45. The number of anilines is 1. The van der Waals surface area contributed by atoms with Gasteiger partial charge in [-0.25, -0.2) is 0 Å². The molecule has 4 rings (SSSR count). The standard InChI is InChI=1S/C18H19N5OS/c24-18(13-14-4-9-19-10-5-14)6-11-23(12-7-18)17-22-21-16(25-17)15-3-1-2-8-20-15/h1-5,8-10,24H,6-7,11-13H2. The summed E-state index contributed by atoms with van der Waals surface area (Å²) in [7, 11) is 0. The SMILES string of the molecule is OC1(Cc2ccncc2)CCN(c2nnc(-c3ccccn3)s2)CC1. The Morgan fingerprint density at radius 1 is 1.04 bits per heavy atom. The second kappa shape index (κ2) is 6.85. The molecule has 1 N–H and O–H groups in total. The zero-order valence-electron chi connectivity index (χ0n) is 13.7. The second-order valence-electron chi connectivity index (χ2n) is 6.35. The molecular formula is C18H19N5OS. The molecule has 0 spiro atoms. The van der Waals surface area contributed by atoms with Crippen LogP contribution in [0.2, 0.25) is 0 Å². The summed E-state index contributed by atoms with van der Waals surface area (Å²) in [4.78, 5) is 10.6. The van der Waals surface area contributed by atoms with E-state index in [9.17, 15) is 5.11 Å². The molecule has 25 heavy (non-hydrogen) atoms. The van der Waals surface area contributed by atoms with E-state index in [4.69, 9.17) is 0 Å². The maximum Gasteiger partial charge on any atom is 0.208 e. The van der Waals surface area contributed by atoms with Crippen molar-refractivity contribution in [3.63, 3.8) is 0 Å². The van der Waals surface area contributed by atoms with E-state index in [0.29, 0.717) is 19.3 Å². The normalized spacial score (nSPS) is 16.8. The molecule has 0 bridgehead atoms. The first-order valence-corrected chi connectivity index (χ1v) is 9.15. The molecule has 1 fully saturated rings. The van der Waals surface area contributed by atoms with Crippen LogP contribution >= 0.6 is 11.3 Å². The van der Waals surface area contributed by atoms with E-state index in [1.54, 1.807) is 29.9 Å². The van der Waals surface area contributed by atoms with Crippen LogP contribution in [0.5, 0.6) is 0 Å². The predicted molar refractivity (Wildman–Crippen MR) is 97.5 cm³/mol. The molecule has 0 aromatic carbocycles. The molecule has 6 nitrogen and oxygen atoms in total. The highest BCUT2D eigenvalue weighted by Gasteiger charge is 2.33. The number of nitrogens with zero attached hydrogens (tertiary/aromatic N) is 5. The quantitative estimate of drug-likeness (QED) is 0.777. The first-order valence-electron chi connectivity index (χ1n) is 8.33. The van der Waals surface area contributed by atoms with Gasteiger partial charge in [0.15, 0.2) is 5.01 Å². The average molecular weight is 353 g/mol. The molecule has 0 saturated carbocycles. The van der Waals surface area contributed by atoms with Crippen molar-refractivity contribution in [2.75, 3.05) is 18.0 Å². The van der Waals surface area contributed by atoms with Crippen molar-refractivity contribution in [3.8, 4) is 10.7 Å². The summed E-state index contributed by atoms with van der Waals surface area (Å²) in [6.45, 7) is 1.55. The summed E-state index contributed by atoms with van der Waals surface area (Å²) in [5.74, 6) is 0. The minimum atomic E-state index is -0.660. The molecule has 0 aliphatic carbocycles. The van der Waals surface area contributed by atoms with E-state index in [1.807, 2.05) is 30.3 Å². The third-order valence-electron chi connectivity index (χ3n) is 4.55. The summed E-state index contributed by atoms with van der Waals surface area (Å²) in [6.07, 6.45) is 7.40. The van der Waals surface area contributed by atoms with E-state index in [-0.39, 0.29) is 0 Å². The molecule has 0 radical (unpaired) electrons. The topological polar surface area (TPSA) is 75.0 Å². The summed E-state index contributed by atoms with van der Waals surface area (Å²) in [6, 6.07) is 9.71. The minimum absolute atomic E-state index is 0.660. The number of piperidine rings is 1. The largest absolute Gasteiger partial charge is 0.389 e. The first kappa shape index (κ1) is 16.1. The lowest BCUT2D eigenvalue weighted by Gasteiger charge is -2.38. The van der Waals surface area contributed by atoms with Gasteiger partial charge >= 0.3 is 0 Å². The number of hydrogen-bond donors (Lipinski definition) is 1. The van der Waals surface area contributed by atoms with E-state index >= 15 is 0 Å². The molecule has 3 aromatic rings. The second-order valence-corrected chi connectivity index (χ2v) is 7.30. The Hall–Kier alpha value is -2.38. The molecule has 3 aromatic heterocycles. The zero-order valence-corrected chi connectivity index (χ0v) is 14.6. The molecular weight excluding hydrogens is 334 g/mol. The van der Waals surface area contributed by atoms with Crippen LogP contribution in [0.15, 0.2) is 48.9 Å². The van der Waals surface area contributed by atoms with Crippen LogP contribution in [-0.2, 0) is 6.42 Å². The third kappa shape index (κ3) is 3.67. The lowest BCUT2D eigenvalue weighted by molar-refractivity contribution is 0.0165. The Morgan fingerprint density at radius 2 is 1.84 bits per heavy atom. The molecule has 0 unspecified atom stereocenters. The molecule has 1 aliphatic rings. The van der Waals surface area contributed by atoms with Gasteiger partial charge in [0.1, 0.15) is 5.69 Å². The van der Waals surface area contributed by atoms with E-state index in [0.717, 1.165) is 34.5 Å². The monoisotopic (exact) mass is 353 g/mol. The van der Waals surface area contributed by atoms with E-state index in [2.05, 4.69) is 25.1 Å². The highest BCUT2D eigenvalue weighted by atomic mass is 32.1. The van der Waals surface area contributed by atoms with Crippen molar-refractivity contribution >= 4 is 16.5 Å². The Morgan fingerprint density at radius 3 is 2.56 bits per heavy atom. The van der Waals surface area contributed by atoms with Gasteiger partial charge in [-0.05, 0) is 42.7 Å². The van der Waals surface area contributed by atoms with Gasteiger partial charge in [-0.2, -0.15) is 0 Å². The Labute approximate surface area is 150 Å². The average Bonchev–Trinajstić information content (AvgIpc) is 3.14. The highest BCUT2D eigenvalue weighted by Crippen LogP contribution is 2.32. The van der Waals surface area contributed by atoms with Gasteiger partial charge in [0, 0.05) is 38.1 Å². The molecule has 1 saturated heterocycles. The zero-order chi connectivity index (χ0) is 17.1. The smallest absolute Gasteiger partial charge is 0.208 e. The minimum Gasteiger partial charge on any atom is -0.389 e. The maximum atomic E-state index is 10.9. The van der Waals surface area contributed by atoms with Crippen LogP contribution in [0.4, 0.5) is 5.13 Å². The third-order valence-corrected chi connectivity index (χ3v) is 5.55. The fraction of sp³-hybridized carbons (Fsp3) is 0.333. The Balaban J connectivity index is 1.41. The van der Waals surface area contributed by atoms with E-state index < -0.39 is 5.60 Å². The Bertz CT molecular complexity index is 816. The number of hydrogen-bond acceptors (Lipinski definition) is 7. The van der Waals surface area contributed by atoms with Crippen molar-refractivity contribution in [2.24, 2.45) is 0 Å². The van der Waals surface area contributed by atoms with Gasteiger partial charge in [0.05, 0.1) is 5.60 Å². The number of aliphatic hydroxyl groups is 1. The lowest BCUT2D eigenvalue weighted by atomic mass is 9.86. The highest BCUT2D eigenvalue weighted by molar-refractivity contribution is 7.18. The van der Waals surface area contributed by atoms with Gasteiger partial charge in [-0.3, -0.25) is 9.97 Å². The van der Waals surface area contributed by atoms with Crippen LogP contribution in [-0.4, -0.2) is 44.0 Å². The Kier molecular flexibility index (Phi) is 4.42. The van der Waals surface area contributed by atoms with Crippen LogP contribution in [0, 0.1) is 0 Å². The van der Waals surface area contributed by atoms with Crippen LogP contribution in [0.3, 0.4) is 0 Å². The summed E-state index contributed by atoms with van der Waals surface area (Å²) >= 11 is 1.55. The number of aromatic nitrogens is 4. The van der Waals surface area contributed by atoms with Gasteiger partial charge in [0.2, 0.25) is 5.13 Å². The summed E-state index contributed by atoms with van der Waals surface area (Å²) in [5, 5.41) is 21.2. The molecule has 4 heterocycles. The van der Waals surface area contributed by atoms with Crippen molar-refractivity contribution in [1.82, 2.24) is 20.2 Å². The maximum absolute atomic E-state index is 10.9. The van der Waals surface area contributed by atoms with Gasteiger partial charge in [0.25, 0.3) is 0 Å². The molecule has 7 heteroatoms. The van der Waals surface area contributed by atoms with Crippen molar-refractivity contribution in [2.45, 2.75) is 24.9 Å². The van der Waals surface area contributed by atoms with Gasteiger partial charge < -0.3 is 10.0 Å². The van der Waals surface area contributed by atoms with Crippen molar-refractivity contribution in [1.29, 1.82) is 0 Å². The summed E-state index contributed by atoms with van der Waals surface area (Å²) < 4.78 is 0. The van der Waals surface area contributed by atoms with Crippen molar-refractivity contribution < 1.29 is 5.11 Å². The van der Waals surface area contributed by atoms with Gasteiger partial charge in [-0.15, -0.1) is 10.2 Å². The molecule has 128 valence electrons.